The molecule has 1 aliphatic heterocycles. The van der Waals surface area contributed by atoms with Crippen LogP contribution >= 0.6 is 0 Å². The molecule has 0 bridgehead atoms. The number of rotatable bonds is 0. The second-order valence-corrected chi connectivity index (χ2v) is 3.23. The van der Waals surface area contributed by atoms with E-state index >= 15 is 0 Å². The van der Waals surface area contributed by atoms with Crippen LogP contribution in [0.3, 0.4) is 0 Å². The fraction of sp³-hybridized carbons (Fsp3) is 0.400. The lowest BCUT2D eigenvalue weighted by atomic mass is 9.98. The molecule has 2 rings (SSSR count). The lowest BCUT2D eigenvalue weighted by molar-refractivity contribution is 0.613. The topological polar surface area (TPSA) is 12.0 Å². The highest BCUT2D eigenvalue weighted by atomic mass is 19.1. The molecule has 12 heavy (non-hydrogen) atoms. The minimum Gasteiger partial charge on any atom is -0.385 e. The van der Waals surface area contributed by atoms with Crippen LogP contribution in [-0.4, -0.2) is 6.54 Å². The molecule has 0 amide bonds. The lowest BCUT2D eigenvalue weighted by Gasteiger charge is -2.19. The third-order valence-corrected chi connectivity index (χ3v) is 2.45. The fourth-order valence-electron chi connectivity index (χ4n) is 1.70. The molecule has 0 saturated heterocycles. The van der Waals surface area contributed by atoms with Crippen LogP contribution in [0.5, 0.6) is 0 Å². The minimum atomic E-state index is -0.0857. The normalized spacial score (nSPS) is 15.2. The van der Waals surface area contributed by atoms with Gasteiger partial charge in [-0.15, -0.1) is 0 Å². The Kier molecular flexibility index (Phi) is 1.75. The predicted molar refractivity (Wildman–Crippen MR) is 47.9 cm³/mol. The van der Waals surface area contributed by atoms with Gasteiger partial charge in [0.1, 0.15) is 5.82 Å². The molecule has 0 atom stereocenters. The van der Waals surface area contributed by atoms with E-state index in [4.69, 9.17) is 0 Å². The van der Waals surface area contributed by atoms with Crippen LogP contribution in [0.25, 0.3) is 0 Å². The summed E-state index contributed by atoms with van der Waals surface area (Å²) in [6.45, 7) is 2.86. The molecule has 0 spiro atoms. The number of halogens is 1. The van der Waals surface area contributed by atoms with Crippen LogP contribution in [0.2, 0.25) is 0 Å². The second-order valence-electron chi connectivity index (χ2n) is 3.23. The van der Waals surface area contributed by atoms with Gasteiger partial charge in [0.15, 0.2) is 0 Å². The largest absolute Gasteiger partial charge is 0.385 e. The Labute approximate surface area is 71.6 Å². The molecular formula is C10H12FN. The zero-order chi connectivity index (χ0) is 8.55. The Hall–Kier alpha value is -1.05. The first-order chi connectivity index (χ1) is 5.79. The molecule has 1 aliphatic rings. The molecule has 0 unspecified atom stereocenters. The summed E-state index contributed by atoms with van der Waals surface area (Å²) in [7, 11) is 0. The van der Waals surface area contributed by atoms with E-state index < -0.39 is 0 Å². The summed E-state index contributed by atoms with van der Waals surface area (Å²) in [4.78, 5) is 0. The molecule has 2 heteroatoms. The zero-order valence-electron chi connectivity index (χ0n) is 7.15. The number of fused-ring (bicyclic) bond motifs is 1. The summed E-state index contributed by atoms with van der Waals surface area (Å²) in [5, 5.41) is 3.26. The quantitative estimate of drug-likeness (QED) is 0.622. The fourth-order valence-corrected chi connectivity index (χ4v) is 1.70. The third-order valence-electron chi connectivity index (χ3n) is 2.45. The van der Waals surface area contributed by atoms with E-state index in [2.05, 4.69) is 5.32 Å². The highest BCUT2D eigenvalue weighted by Crippen LogP contribution is 2.26. The molecule has 1 aromatic carbocycles. The van der Waals surface area contributed by atoms with Crippen LogP contribution in [0, 0.1) is 12.7 Å². The maximum absolute atomic E-state index is 13.1. The average Bonchev–Trinajstić information content (AvgIpc) is 2.12. The molecule has 0 radical (unpaired) electrons. The number of benzene rings is 1. The van der Waals surface area contributed by atoms with Gasteiger partial charge in [0.25, 0.3) is 0 Å². The second kappa shape index (κ2) is 2.77. The van der Waals surface area contributed by atoms with Crippen molar-refractivity contribution in [2.24, 2.45) is 0 Å². The smallest absolute Gasteiger partial charge is 0.126 e. The number of hydrogen-bond donors (Lipinski definition) is 1. The van der Waals surface area contributed by atoms with Crippen molar-refractivity contribution in [2.75, 3.05) is 11.9 Å². The van der Waals surface area contributed by atoms with Crippen molar-refractivity contribution < 1.29 is 4.39 Å². The standard InChI is InChI=1S/C10H12FN/c1-7-8-3-2-6-12-10(8)5-4-9(7)11/h4-5,12H,2-3,6H2,1H3. The summed E-state index contributed by atoms with van der Waals surface area (Å²) < 4.78 is 13.1. The number of anilines is 1. The van der Waals surface area contributed by atoms with Crippen LogP contribution in [0.1, 0.15) is 17.5 Å². The predicted octanol–water partition coefficient (Wildman–Crippen LogP) is 2.49. The van der Waals surface area contributed by atoms with Crippen LogP contribution < -0.4 is 5.32 Å². The number of hydrogen-bond acceptors (Lipinski definition) is 1. The molecule has 1 nitrogen and oxygen atoms in total. The van der Waals surface area contributed by atoms with Crippen molar-refractivity contribution in [2.45, 2.75) is 19.8 Å². The van der Waals surface area contributed by atoms with Gasteiger partial charge in [-0.05, 0) is 43.0 Å². The molecule has 1 heterocycles. The molecule has 64 valence electrons. The summed E-state index contributed by atoms with van der Waals surface area (Å²) in [6.07, 6.45) is 2.11. The van der Waals surface area contributed by atoms with Crippen molar-refractivity contribution >= 4 is 5.69 Å². The highest BCUT2D eigenvalue weighted by molar-refractivity contribution is 5.56. The van der Waals surface area contributed by atoms with E-state index in [1.54, 1.807) is 0 Å². The van der Waals surface area contributed by atoms with Crippen molar-refractivity contribution in [3.8, 4) is 0 Å². The van der Waals surface area contributed by atoms with E-state index in [1.165, 1.54) is 6.07 Å². The minimum absolute atomic E-state index is 0.0857. The number of nitrogens with one attached hydrogen (secondary N) is 1. The van der Waals surface area contributed by atoms with Crippen molar-refractivity contribution in [1.29, 1.82) is 0 Å². The molecule has 0 saturated carbocycles. The average molecular weight is 165 g/mol. The van der Waals surface area contributed by atoms with Gasteiger partial charge >= 0.3 is 0 Å². The Morgan fingerprint density at radius 1 is 1.42 bits per heavy atom. The molecular weight excluding hydrogens is 153 g/mol. The monoisotopic (exact) mass is 165 g/mol. The molecule has 0 aliphatic carbocycles. The highest BCUT2D eigenvalue weighted by Gasteiger charge is 2.12. The van der Waals surface area contributed by atoms with E-state index in [0.717, 1.165) is 36.2 Å². The molecule has 0 fully saturated rings. The Bertz CT molecular complexity index is 307. The maximum atomic E-state index is 13.1. The lowest BCUT2D eigenvalue weighted by Crippen LogP contribution is -2.13. The SMILES string of the molecule is Cc1c(F)ccc2c1CCCN2. The van der Waals surface area contributed by atoms with Gasteiger partial charge in [-0.25, -0.2) is 4.39 Å². The van der Waals surface area contributed by atoms with E-state index in [1.807, 2.05) is 13.0 Å². The van der Waals surface area contributed by atoms with Crippen molar-refractivity contribution in [1.82, 2.24) is 0 Å². The zero-order valence-corrected chi connectivity index (χ0v) is 7.15. The Morgan fingerprint density at radius 2 is 2.25 bits per heavy atom. The van der Waals surface area contributed by atoms with Gasteiger partial charge in [0, 0.05) is 12.2 Å². The van der Waals surface area contributed by atoms with Crippen LogP contribution in [-0.2, 0) is 6.42 Å². The van der Waals surface area contributed by atoms with E-state index in [0.29, 0.717) is 0 Å². The third kappa shape index (κ3) is 1.07. The van der Waals surface area contributed by atoms with Gasteiger partial charge < -0.3 is 5.32 Å². The van der Waals surface area contributed by atoms with Gasteiger partial charge in [0.2, 0.25) is 0 Å². The maximum Gasteiger partial charge on any atom is 0.126 e. The van der Waals surface area contributed by atoms with Crippen LogP contribution in [0.4, 0.5) is 10.1 Å². The van der Waals surface area contributed by atoms with Crippen molar-refractivity contribution in [3.05, 3.63) is 29.1 Å². The summed E-state index contributed by atoms with van der Waals surface area (Å²) in [5.74, 6) is -0.0857. The van der Waals surface area contributed by atoms with Gasteiger partial charge in [-0.1, -0.05) is 0 Å². The van der Waals surface area contributed by atoms with Gasteiger partial charge in [0.05, 0.1) is 0 Å². The Balaban J connectivity index is 2.54. The van der Waals surface area contributed by atoms with Crippen LogP contribution in [0.15, 0.2) is 12.1 Å². The molecule has 0 aromatic heterocycles. The Morgan fingerprint density at radius 3 is 3.08 bits per heavy atom. The van der Waals surface area contributed by atoms with E-state index in [9.17, 15) is 4.39 Å². The first-order valence-corrected chi connectivity index (χ1v) is 4.31. The van der Waals surface area contributed by atoms with Crippen molar-refractivity contribution in [3.63, 3.8) is 0 Å². The summed E-state index contributed by atoms with van der Waals surface area (Å²) in [5.41, 5.74) is 3.07. The first-order valence-electron chi connectivity index (χ1n) is 4.31. The van der Waals surface area contributed by atoms with Gasteiger partial charge in [-0.2, -0.15) is 0 Å². The molecule has 1 N–H and O–H groups in total. The summed E-state index contributed by atoms with van der Waals surface area (Å²) >= 11 is 0. The van der Waals surface area contributed by atoms with E-state index in [-0.39, 0.29) is 5.82 Å². The van der Waals surface area contributed by atoms with Gasteiger partial charge in [-0.3, -0.25) is 0 Å². The summed E-state index contributed by atoms with van der Waals surface area (Å²) in [6, 6.07) is 3.36. The first kappa shape index (κ1) is 7.59. The molecule has 1 aromatic rings.